The first-order chi connectivity index (χ1) is 15.3. The summed E-state index contributed by atoms with van der Waals surface area (Å²) in [4.78, 5) is 2.21. The Morgan fingerprint density at radius 2 is 1.12 bits per heavy atom. The van der Waals surface area contributed by atoms with Crippen molar-refractivity contribution in [3.8, 4) is 0 Å². The summed E-state index contributed by atoms with van der Waals surface area (Å²) in [6.45, 7) is 6.19. The molecule has 0 spiro atoms. The number of nitrogens with zero attached hydrogens (tertiary/aromatic N) is 1. The van der Waals surface area contributed by atoms with Crippen LogP contribution in [0.4, 0.5) is 0 Å². The van der Waals surface area contributed by atoms with E-state index in [-0.39, 0.29) is 11.5 Å². The minimum absolute atomic E-state index is 0.212. The van der Waals surface area contributed by atoms with E-state index in [2.05, 4.69) is 13.5 Å². The molecule has 186 valence electrons. The van der Waals surface area contributed by atoms with Crippen LogP contribution in [-0.2, 0) is 14.3 Å². The molecule has 0 aliphatic heterocycles. The predicted molar refractivity (Wildman–Crippen MR) is 140 cm³/mol. The lowest BCUT2D eigenvalue weighted by atomic mass is 10.0. The lowest BCUT2D eigenvalue weighted by molar-refractivity contribution is 0.306. The van der Waals surface area contributed by atoms with E-state index in [9.17, 15) is 8.42 Å². The van der Waals surface area contributed by atoms with Crippen LogP contribution in [0.15, 0.2) is 35.7 Å². The van der Waals surface area contributed by atoms with Crippen molar-refractivity contribution in [3.05, 3.63) is 36.4 Å². The van der Waals surface area contributed by atoms with Crippen LogP contribution in [0.3, 0.4) is 0 Å². The summed E-state index contributed by atoms with van der Waals surface area (Å²) in [7, 11) is 2.36. The molecule has 0 saturated heterocycles. The second-order valence-electron chi connectivity index (χ2n) is 8.99. The first-order valence-corrected chi connectivity index (χ1v) is 14.0. The molecule has 0 heterocycles. The molecule has 0 aliphatic rings. The van der Waals surface area contributed by atoms with E-state index in [0.717, 1.165) is 24.8 Å². The van der Waals surface area contributed by atoms with Gasteiger partial charge in [0, 0.05) is 0 Å². The molecule has 0 atom stereocenters. The maximum absolute atomic E-state index is 12.1. The summed E-state index contributed by atoms with van der Waals surface area (Å²) in [5.41, 5.74) is 0.894. The summed E-state index contributed by atoms with van der Waals surface area (Å²) in [5, 5.41) is 0. The molecule has 0 N–H and O–H groups in total. The van der Waals surface area contributed by atoms with Crippen LogP contribution in [0.25, 0.3) is 6.08 Å². The lowest BCUT2D eigenvalue weighted by Crippen LogP contribution is -2.07. The molecule has 0 radical (unpaired) electrons. The van der Waals surface area contributed by atoms with Gasteiger partial charge in [-0.1, -0.05) is 115 Å². The summed E-state index contributed by atoms with van der Waals surface area (Å²) in [6.07, 6.45) is 19.6. The molecule has 1 aromatic rings. The number of benzene rings is 1. The van der Waals surface area contributed by atoms with Crippen molar-refractivity contribution in [3.63, 3.8) is 0 Å². The van der Waals surface area contributed by atoms with Crippen molar-refractivity contribution < 1.29 is 12.6 Å². The lowest BCUT2D eigenvalue weighted by Gasteiger charge is -2.06. The zero-order valence-corrected chi connectivity index (χ0v) is 22.1. The van der Waals surface area contributed by atoms with Crippen molar-refractivity contribution in [1.82, 2.24) is 4.90 Å². The largest absolute Gasteiger partial charge is 0.312 e. The molecule has 0 fully saturated rings. The fourth-order valence-corrected chi connectivity index (χ4v) is 4.25. The number of hydrogen-bond acceptors (Lipinski definition) is 4. The molecule has 5 heteroatoms. The number of hydrogen-bond donors (Lipinski definition) is 0. The molecule has 0 aliphatic carbocycles. The molecule has 1 rings (SSSR count). The highest BCUT2D eigenvalue weighted by Gasteiger charge is 2.14. The first-order valence-electron chi connectivity index (χ1n) is 12.6. The van der Waals surface area contributed by atoms with E-state index in [0.29, 0.717) is 0 Å². The van der Waals surface area contributed by atoms with E-state index in [1.807, 2.05) is 26.0 Å². The molecule has 0 unspecified atom stereocenters. The molecule has 0 bridgehead atoms. The van der Waals surface area contributed by atoms with Gasteiger partial charge < -0.3 is 4.90 Å². The molecule has 0 aromatic heterocycles. The smallest absolute Gasteiger partial charge is 0.296 e. The second kappa shape index (κ2) is 20.4. The van der Waals surface area contributed by atoms with Crippen molar-refractivity contribution >= 4 is 16.2 Å². The Morgan fingerprint density at radius 1 is 0.750 bits per heavy atom. The molecule has 32 heavy (non-hydrogen) atoms. The second-order valence-corrected chi connectivity index (χ2v) is 10.6. The van der Waals surface area contributed by atoms with E-state index in [4.69, 9.17) is 4.18 Å². The molecule has 0 amide bonds. The minimum Gasteiger partial charge on any atom is -0.312 e. The fourth-order valence-electron chi connectivity index (χ4n) is 3.30. The molecule has 1 aromatic carbocycles. The van der Waals surface area contributed by atoms with Crippen LogP contribution >= 0.6 is 0 Å². The van der Waals surface area contributed by atoms with Gasteiger partial charge in [-0.25, -0.2) is 0 Å². The number of unbranched alkanes of at least 4 members (excludes halogenated alkanes) is 13. The van der Waals surface area contributed by atoms with E-state index in [1.165, 1.54) is 70.6 Å². The van der Waals surface area contributed by atoms with Crippen molar-refractivity contribution in [2.24, 2.45) is 0 Å². The fraction of sp³-hybridized carbons (Fsp3) is 0.704. The van der Waals surface area contributed by atoms with E-state index in [1.54, 1.807) is 30.3 Å². The van der Waals surface area contributed by atoms with Crippen LogP contribution in [0.2, 0.25) is 0 Å². The Kier molecular flexibility index (Phi) is 19.7. The van der Waals surface area contributed by atoms with E-state index < -0.39 is 10.1 Å². The Balaban J connectivity index is 0.00000220. The van der Waals surface area contributed by atoms with Crippen LogP contribution < -0.4 is 0 Å². The highest BCUT2D eigenvalue weighted by Crippen LogP contribution is 2.16. The third-order valence-electron chi connectivity index (χ3n) is 5.14. The summed E-state index contributed by atoms with van der Waals surface area (Å²) < 4.78 is 29.4. The van der Waals surface area contributed by atoms with E-state index >= 15 is 0 Å². The zero-order chi connectivity index (χ0) is 24.1. The molecular formula is C27H49NO3S. The van der Waals surface area contributed by atoms with Gasteiger partial charge in [-0.3, -0.25) is 4.18 Å². The van der Waals surface area contributed by atoms with Gasteiger partial charge in [0.25, 0.3) is 10.1 Å². The summed E-state index contributed by atoms with van der Waals surface area (Å²) in [6, 6.07) is 6.60. The normalized spacial score (nSPS) is 11.3. The summed E-state index contributed by atoms with van der Waals surface area (Å²) in [5.74, 6) is 0. The maximum atomic E-state index is 12.1. The predicted octanol–water partition coefficient (Wildman–Crippen LogP) is 7.69. The van der Waals surface area contributed by atoms with Gasteiger partial charge in [0.05, 0.1) is 11.5 Å². The first kappa shape index (κ1) is 30.8. The standard InChI is InChI=1S/C24H40O3S.C3H9N/c1-3-5-6-7-8-9-10-11-12-13-14-15-16-17-22-27-28(25,26)24-20-18-23(4-2)19-21-24;1-4(2)3/h4,18-21H,2-3,5-17,22H2,1H3;1-3H3. The third-order valence-corrected chi connectivity index (χ3v) is 6.47. The molecular weight excluding hydrogens is 418 g/mol. The Labute approximate surface area is 199 Å². The highest BCUT2D eigenvalue weighted by atomic mass is 32.2. The average molecular weight is 468 g/mol. The Morgan fingerprint density at radius 3 is 1.50 bits per heavy atom. The maximum Gasteiger partial charge on any atom is 0.296 e. The van der Waals surface area contributed by atoms with Gasteiger partial charge in [0.1, 0.15) is 0 Å². The van der Waals surface area contributed by atoms with Crippen molar-refractivity contribution in [2.75, 3.05) is 27.7 Å². The van der Waals surface area contributed by atoms with Crippen molar-refractivity contribution in [2.45, 2.75) is 102 Å². The quantitative estimate of drug-likeness (QED) is 0.164. The van der Waals surface area contributed by atoms with Gasteiger partial charge >= 0.3 is 0 Å². The van der Waals surface area contributed by atoms with Crippen LogP contribution in [0.5, 0.6) is 0 Å². The minimum atomic E-state index is -3.64. The SMILES string of the molecule is C=Cc1ccc(S(=O)(=O)OCCCCCCCCCCCCCCCC)cc1.CN(C)C. The molecule has 4 nitrogen and oxygen atoms in total. The number of rotatable bonds is 18. The highest BCUT2D eigenvalue weighted by molar-refractivity contribution is 7.86. The van der Waals surface area contributed by atoms with Crippen molar-refractivity contribution in [1.29, 1.82) is 0 Å². The monoisotopic (exact) mass is 467 g/mol. The third kappa shape index (κ3) is 18.4. The van der Waals surface area contributed by atoms with Gasteiger partial charge in [-0.05, 0) is 45.3 Å². The average Bonchev–Trinajstić information content (AvgIpc) is 2.76. The van der Waals surface area contributed by atoms with Gasteiger partial charge in [0.2, 0.25) is 0 Å². The van der Waals surface area contributed by atoms with Gasteiger partial charge in [-0.2, -0.15) is 8.42 Å². The van der Waals surface area contributed by atoms with Crippen LogP contribution in [-0.4, -0.2) is 41.1 Å². The Hall–Kier alpha value is -1.17. The zero-order valence-electron chi connectivity index (χ0n) is 21.3. The van der Waals surface area contributed by atoms with Gasteiger partial charge in [-0.15, -0.1) is 0 Å². The Bertz CT molecular complexity index is 651. The topological polar surface area (TPSA) is 46.6 Å². The van der Waals surface area contributed by atoms with Crippen LogP contribution in [0, 0.1) is 0 Å². The van der Waals surface area contributed by atoms with Gasteiger partial charge in [0.15, 0.2) is 0 Å². The van der Waals surface area contributed by atoms with Crippen LogP contribution in [0.1, 0.15) is 102 Å². The summed E-state index contributed by atoms with van der Waals surface area (Å²) >= 11 is 0. The molecule has 0 saturated carbocycles.